The van der Waals surface area contributed by atoms with Crippen LogP contribution < -0.4 is 14.5 Å². The van der Waals surface area contributed by atoms with Gasteiger partial charge in [-0.1, -0.05) is 160 Å². The molecule has 0 amide bonds. The molecule has 1 aliphatic carbocycles. The summed E-state index contributed by atoms with van der Waals surface area (Å²) in [4.78, 5) is 9.74. The molecule has 0 bridgehead atoms. The first-order valence-electron chi connectivity index (χ1n) is 23.3. The van der Waals surface area contributed by atoms with Crippen LogP contribution in [0.15, 0.2) is 146 Å². The molecule has 5 nitrogen and oxygen atoms in total. The maximum atomic E-state index is 6.75. The number of para-hydroxylation sites is 4. The SMILES string of the molecule is CC(C)(C)c1cccc(C(C)(C)C)c1N1[CH-]N(c2[c-]c(Oc3[c-]c4c(cc3)c3ccccc3n4-c3cc(C4(c5ccccc5)C(C)(C)CCCC4(C)C)ccn3)ccc2)c2ccccc21.[Pt]. The number of nitrogens with zero attached hydrogens (tertiary/aromatic N) is 4. The molecule has 8 aromatic rings. The molecular formula is C60H61N4OPt-3. The summed E-state index contributed by atoms with van der Waals surface area (Å²) in [6.07, 6.45) is 5.52. The van der Waals surface area contributed by atoms with Crippen molar-refractivity contribution in [3.8, 4) is 17.3 Å². The van der Waals surface area contributed by atoms with E-state index < -0.39 is 0 Å². The van der Waals surface area contributed by atoms with Crippen LogP contribution in [0.4, 0.5) is 22.7 Å². The van der Waals surface area contributed by atoms with Crippen molar-refractivity contribution >= 4 is 44.6 Å². The molecule has 0 unspecified atom stereocenters. The molecule has 10 rings (SSSR count). The van der Waals surface area contributed by atoms with Gasteiger partial charge in [0.05, 0.1) is 0 Å². The van der Waals surface area contributed by atoms with Crippen LogP contribution in [0.5, 0.6) is 11.5 Å². The van der Waals surface area contributed by atoms with E-state index in [9.17, 15) is 0 Å². The molecule has 6 heteroatoms. The number of pyridine rings is 1. The van der Waals surface area contributed by atoms with Gasteiger partial charge in [-0.15, -0.1) is 48.1 Å². The summed E-state index contributed by atoms with van der Waals surface area (Å²) in [5.74, 6) is 2.10. The van der Waals surface area contributed by atoms with E-state index in [1.54, 1.807) is 0 Å². The molecule has 1 aliphatic heterocycles. The average Bonchev–Trinajstić information content (AvgIpc) is 3.82. The molecule has 2 aromatic heterocycles. The Hall–Kier alpha value is -5.64. The van der Waals surface area contributed by atoms with E-state index in [4.69, 9.17) is 9.72 Å². The maximum absolute atomic E-state index is 6.75. The van der Waals surface area contributed by atoms with E-state index in [-0.39, 0.29) is 48.1 Å². The molecule has 0 spiro atoms. The maximum Gasteiger partial charge on any atom is 0.135 e. The zero-order chi connectivity index (χ0) is 45.5. The van der Waals surface area contributed by atoms with Gasteiger partial charge in [0, 0.05) is 66.8 Å². The van der Waals surface area contributed by atoms with Crippen LogP contribution in [0.1, 0.15) is 111 Å². The number of anilines is 4. The van der Waals surface area contributed by atoms with Gasteiger partial charge >= 0.3 is 0 Å². The topological polar surface area (TPSA) is 33.5 Å². The number of hydrogen-bond acceptors (Lipinski definition) is 4. The van der Waals surface area contributed by atoms with Crippen molar-refractivity contribution in [2.75, 3.05) is 9.80 Å². The minimum absolute atomic E-state index is 0. The van der Waals surface area contributed by atoms with Crippen molar-refractivity contribution in [1.82, 2.24) is 9.55 Å². The number of rotatable bonds is 7. The molecule has 0 saturated heterocycles. The van der Waals surface area contributed by atoms with Gasteiger partial charge in [-0.05, 0) is 92.5 Å². The summed E-state index contributed by atoms with van der Waals surface area (Å²) in [5.41, 5.74) is 11.2. The van der Waals surface area contributed by atoms with E-state index in [2.05, 4.69) is 224 Å². The molecule has 340 valence electrons. The fourth-order valence-electron chi connectivity index (χ4n) is 11.9. The number of hydrogen-bond donors (Lipinski definition) is 0. The number of aromatic nitrogens is 2. The zero-order valence-corrected chi connectivity index (χ0v) is 42.3. The van der Waals surface area contributed by atoms with Gasteiger partial charge in [-0.2, -0.15) is 12.1 Å². The summed E-state index contributed by atoms with van der Waals surface area (Å²) in [6.45, 7) is 25.9. The Labute approximate surface area is 407 Å². The fraction of sp³-hybridized carbons (Fsp3) is 0.300. The van der Waals surface area contributed by atoms with Crippen molar-refractivity contribution in [2.24, 2.45) is 10.8 Å². The van der Waals surface area contributed by atoms with Gasteiger partial charge in [-0.25, -0.2) is 4.98 Å². The van der Waals surface area contributed by atoms with Crippen LogP contribution in [-0.4, -0.2) is 9.55 Å². The third-order valence-electron chi connectivity index (χ3n) is 14.6. The fourth-order valence-corrected chi connectivity index (χ4v) is 11.9. The Bertz CT molecular complexity index is 3030. The second-order valence-corrected chi connectivity index (χ2v) is 21.6. The molecule has 3 heterocycles. The quantitative estimate of drug-likeness (QED) is 0.149. The summed E-state index contributed by atoms with van der Waals surface area (Å²) >= 11 is 0. The predicted octanol–water partition coefficient (Wildman–Crippen LogP) is 16.1. The third-order valence-corrected chi connectivity index (χ3v) is 14.6. The monoisotopic (exact) mass is 1050 g/mol. The zero-order valence-electron chi connectivity index (χ0n) is 40.1. The average molecular weight is 1050 g/mol. The van der Waals surface area contributed by atoms with Gasteiger partial charge in [0.15, 0.2) is 0 Å². The van der Waals surface area contributed by atoms with Crippen molar-refractivity contribution in [3.63, 3.8) is 0 Å². The number of fused-ring (bicyclic) bond motifs is 4. The Balaban J connectivity index is 0.00000548. The van der Waals surface area contributed by atoms with E-state index in [1.165, 1.54) is 34.4 Å². The van der Waals surface area contributed by atoms with E-state index >= 15 is 0 Å². The van der Waals surface area contributed by atoms with Crippen LogP contribution in [0, 0.1) is 29.6 Å². The summed E-state index contributed by atoms with van der Waals surface area (Å²) in [5, 5.41) is 2.25. The third kappa shape index (κ3) is 7.37. The first-order valence-corrected chi connectivity index (χ1v) is 23.3. The number of ether oxygens (including phenoxy) is 1. The van der Waals surface area contributed by atoms with Crippen molar-refractivity contribution in [1.29, 1.82) is 0 Å². The first kappa shape index (κ1) is 45.5. The molecule has 1 saturated carbocycles. The van der Waals surface area contributed by atoms with Gasteiger partial charge < -0.3 is 19.1 Å². The smallest absolute Gasteiger partial charge is 0.135 e. The standard InChI is InChI=1S/C60H61N4O.Pt/c1-56(2,3)48-26-19-27-49(57(4,5)6)55(48)63-40-62(51-29-16-17-30-52(51)63)43-23-18-24-44(38-43)65-45-31-32-47-46-25-14-15-28-50(46)64(53(47)39-45)54-37-42(33-36-61-54)60(41-21-12-11-13-22-41)58(7,8)34-20-35-59(60,9)10;/h11-19,21-33,36-37,40H,20,34-35H2,1-10H3;/q-3;. The van der Waals surface area contributed by atoms with Crippen molar-refractivity contribution in [3.05, 3.63) is 187 Å². The molecule has 0 radical (unpaired) electrons. The molecule has 0 atom stereocenters. The molecule has 1 fully saturated rings. The van der Waals surface area contributed by atoms with Crippen LogP contribution >= 0.6 is 0 Å². The largest absolute Gasteiger partial charge is 0.509 e. The van der Waals surface area contributed by atoms with Crippen LogP contribution in [0.25, 0.3) is 27.6 Å². The summed E-state index contributed by atoms with van der Waals surface area (Å²) in [7, 11) is 0. The summed E-state index contributed by atoms with van der Waals surface area (Å²) in [6, 6.07) is 57.5. The first-order chi connectivity index (χ1) is 31.0. The molecule has 66 heavy (non-hydrogen) atoms. The van der Waals surface area contributed by atoms with Crippen LogP contribution in [0.2, 0.25) is 0 Å². The Morgan fingerprint density at radius 1 is 0.591 bits per heavy atom. The molecule has 0 N–H and O–H groups in total. The minimum Gasteiger partial charge on any atom is -0.509 e. The second-order valence-electron chi connectivity index (χ2n) is 21.6. The van der Waals surface area contributed by atoms with E-state index in [0.717, 1.165) is 57.5 Å². The van der Waals surface area contributed by atoms with Crippen LogP contribution in [-0.2, 0) is 37.3 Å². The molecular weight excluding hydrogens is 988 g/mol. The van der Waals surface area contributed by atoms with Crippen LogP contribution in [0.3, 0.4) is 0 Å². The Morgan fingerprint density at radius 3 is 1.88 bits per heavy atom. The minimum atomic E-state index is -0.246. The van der Waals surface area contributed by atoms with E-state index in [0.29, 0.717) is 11.5 Å². The van der Waals surface area contributed by atoms with Gasteiger partial charge in [-0.3, -0.25) is 0 Å². The Morgan fingerprint density at radius 2 is 1.20 bits per heavy atom. The predicted molar refractivity (Wildman–Crippen MR) is 270 cm³/mol. The van der Waals surface area contributed by atoms with Crippen molar-refractivity contribution in [2.45, 2.75) is 105 Å². The van der Waals surface area contributed by atoms with Crippen molar-refractivity contribution < 1.29 is 25.8 Å². The normalized spacial score (nSPS) is 16.6. The molecule has 2 aliphatic rings. The van der Waals surface area contributed by atoms with Gasteiger partial charge in [0.2, 0.25) is 0 Å². The van der Waals surface area contributed by atoms with E-state index in [1.807, 2.05) is 24.4 Å². The number of benzene rings is 6. The second kappa shape index (κ2) is 16.6. The van der Waals surface area contributed by atoms with Gasteiger partial charge in [0.25, 0.3) is 0 Å². The molecule has 6 aromatic carbocycles. The Kier molecular flexibility index (Phi) is 11.4. The summed E-state index contributed by atoms with van der Waals surface area (Å²) < 4.78 is 9.02. The van der Waals surface area contributed by atoms with Gasteiger partial charge in [0.1, 0.15) is 5.82 Å².